The van der Waals surface area contributed by atoms with E-state index in [0.717, 1.165) is 21.3 Å². The molecule has 0 aromatic heterocycles. The Hall–Kier alpha value is -0.590. The highest BCUT2D eigenvalue weighted by molar-refractivity contribution is 14.1. The molecule has 2 nitrogen and oxygen atoms in total. The monoisotopic (exact) mass is 431 g/mol. The molecule has 1 atom stereocenters. The van der Waals surface area contributed by atoms with E-state index in [1.54, 1.807) is 0 Å². The quantitative estimate of drug-likeness (QED) is 0.723. The zero-order chi connectivity index (χ0) is 13.8. The zero-order valence-corrected chi connectivity index (χ0v) is 14.3. The summed E-state index contributed by atoms with van der Waals surface area (Å²) in [5.74, 6) is 0.850. The fourth-order valence-electron chi connectivity index (χ4n) is 1.94. The topological polar surface area (TPSA) is 35.2 Å². The number of rotatable bonds is 4. The molecule has 0 spiro atoms. The van der Waals surface area contributed by atoms with Gasteiger partial charge in [-0.3, -0.25) is 0 Å². The van der Waals surface area contributed by atoms with Crippen molar-refractivity contribution in [2.24, 2.45) is 5.73 Å². The first-order valence-corrected chi connectivity index (χ1v) is 7.93. The molecule has 100 valence electrons. The van der Waals surface area contributed by atoms with E-state index < -0.39 is 0 Å². The third-order valence-corrected chi connectivity index (χ3v) is 4.24. The Balaban J connectivity index is 2.43. The Morgan fingerprint density at radius 3 is 2.68 bits per heavy atom. The molecule has 1 unspecified atom stereocenters. The van der Waals surface area contributed by atoms with E-state index in [0.29, 0.717) is 6.61 Å². The lowest BCUT2D eigenvalue weighted by atomic mass is 9.99. The molecular formula is C15H15BrINO. The van der Waals surface area contributed by atoms with Gasteiger partial charge >= 0.3 is 0 Å². The van der Waals surface area contributed by atoms with E-state index in [4.69, 9.17) is 10.5 Å². The Labute approximate surface area is 135 Å². The normalized spacial score (nSPS) is 12.2. The Morgan fingerprint density at radius 2 is 1.95 bits per heavy atom. The second-order valence-electron chi connectivity index (χ2n) is 4.11. The third kappa shape index (κ3) is 3.49. The van der Waals surface area contributed by atoms with Crippen LogP contribution >= 0.6 is 38.5 Å². The van der Waals surface area contributed by atoms with E-state index >= 15 is 0 Å². The van der Waals surface area contributed by atoms with E-state index in [-0.39, 0.29) is 6.04 Å². The summed E-state index contributed by atoms with van der Waals surface area (Å²) in [7, 11) is 0. The molecule has 0 heterocycles. The number of benzene rings is 2. The van der Waals surface area contributed by atoms with Crippen molar-refractivity contribution >= 4 is 38.5 Å². The summed E-state index contributed by atoms with van der Waals surface area (Å²) in [5.41, 5.74) is 8.48. The lowest BCUT2D eigenvalue weighted by Crippen LogP contribution is -2.14. The maximum atomic E-state index is 6.40. The van der Waals surface area contributed by atoms with Crippen LogP contribution in [0.5, 0.6) is 5.75 Å². The number of hydrogen-bond acceptors (Lipinski definition) is 2. The molecular weight excluding hydrogens is 417 g/mol. The number of hydrogen-bond donors (Lipinski definition) is 1. The first kappa shape index (κ1) is 14.8. The van der Waals surface area contributed by atoms with Crippen LogP contribution in [-0.2, 0) is 0 Å². The van der Waals surface area contributed by atoms with Gasteiger partial charge in [0.05, 0.1) is 12.6 Å². The zero-order valence-electron chi connectivity index (χ0n) is 10.6. The van der Waals surface area contributed by atoms with Crippen LogP contribution in [0.15, 0.2) is 46.9 Å². The fraction of sp³-hybridized carbons (Fsp3) is 0.200. The van der Waals surface area contributed by atoms with Gasteiger partial charge in [0, 0.05) is 13.6 Å². The maximum absolute atomic E-state index is 6.40. The van der Waals surface area contributed by atoms with Crippen LogP contribution < -0.4 is 10.5 Å². The highest BCUT2D eigenvalue weighted by Crippen LogP contribution is 2.32. The van der Waals surface area contributed by atoms with Crippen molar-refractivity contribution in [1.82, 2.24) is 0 Å². The van der Waals surface area contributed by atoms with Crippen LogP contribution in [0, 0.1) is 3.57 Å². The van der Waals surface area contributed by atoms with Crippen molar-refractivity contribution in [1.29, 1.82) is 0 Å². The van der Waals surface area contributed by atoms with E-state index in [1.807, 2.05) is 37.3 Å². The van der Waals surface area contributed by atoms with Crippen LogP contribution in [0.4, 0.5) is 0 Å². The van der Waals surface area contributed by atoms with Gasteiger partial charge in [-0.25, -0.2) is 0 Å². The third-order valence-electron chi connectivity index (χ3n) is 2.85. The summed E-state index contributed by atoms with van der Waals surface area (Å²) in [6.45, 7) is 2.61. The lowest BCUT2D eigenvalue weighted by molar-refractivity contribution is 0.335. The van der Waals surface area contributed by atoms with Gasteiger partial charge in [-0.15, -0.1) is 0 Å². The van der Waals surface area contributed by atoms with E-state index in [1.165, 1.54) is 3.57 Å². The molecule has 0 amide bonds. The van der Waals surface area contributed by atoms with Gasteiger partial charge in [-0.05, 0) is 59.3 Å². The van der Waals surface area contributed by atoms with Crippen molar-refractivity contribution < 1.29 is 4.74 Å². The minimum atomic E-state index is -0.202. The molecule has 2 N–H and O–H groups in total. The molecule has 0 bridgehead atoms. The Bertz CT molecular complexity index is 574. The van der Waals surface area contributed by atoms with Gasteiger partial charge in [-0.1, -0.05) is 34.1 Å². The predicted molar refractivity (Wildman–Crippen MR) is 90.5 cm³/mol. The molecule has 19 heavy (non-hydrogen) atoms. The first-order valence-electron chi connectivity index (χ1n) is 6.05. The van der Waals surface area contributed by atoms with Crippen molar-refractivity contribution in [2.75, 3.05) is 6.61 Å². The van der Waals surface area contributed by atoms with Gasteiger partial charge in [0.2, 0.25) is 0 Å². The smallest absolute Gasteiger partial charge is 0.124 e. The van der Waals surface area contributed by atoms with Crippen LogP contribution in [0.3, 0.4) is 0 Å². The molecule has 2 aromatic carbocycles. The standard InChI is InChI=1S/C15H15BrINO/c1-2-19-14-6-4-3-5-11(14)15(18)12-9-10(17)7-8-13(12)16/h3-9,15H,2,18H2,1H3. The molecule has 0 aliphatic heterocycles. The summed E-state index contributed by atoms with van der Waals surface area (Å²) in [5, 5.41) is 0. The molecule has 0 aliphatic rings. The van der Waals surface area contributed by atoms with Gasteiger partial charge < -0.3 is 10.5 Å². The SMILES string of the molecule is CCOc1ccccc1C(N)c1cc(I)ccc1Br. The summed E-state index contributed by atoms with van der Waals surface area (Å²) in [4.78, 5) is 0. The van der Waals surface area contributed by atoms with Gasteiger partial charge in [0.1, 0.15) is 5.75 Å². The molecule has 0 radical (unpaired) electrons. The summed E-state index contributed by atoms with van der Waals surface area (Å²) in [6, 6.07) is 13.9. The van der Waals surface area contributed by atoms with Gasteiger partial charge in [0.25, 0.3) is 0 Å². The first-order chi connectivity index (χ1) is 9.13. The van der Waals surface area contributed by atoms with Crippen molar-refractivity contribution in [3.8, 4) is 5.75 Å². The number of para-hydroxylation sites is 1. The average molecular weight is 432 g/mol. The number of ether oxygens (including phenoxy) is 1. The molecule has 0 fully saturated rings. The van der Waals surface area contributed by atoms with Crippen LogP contribution in [0.2, 0.25) is 0 Å². The maximum Gasteiger partial charge on any atom is 0.124 e. The summed E-state index contributed by atoms with van der Waals surface area (Å²) < 4.78 is 7.84. The van der Waals surface area contributed by atoms with Crippen LogP contribution in [0.1, 0.15) is 24.1 Å². The average Bonchev–Trinajstić information content (AvgIpc) is 2.42. The molecule has 4 heteroatoms. The fourth-order valence-corrected chi connectivity index (χ4v) is 2.95. The van der Waals surface area contributed by atoms with Crippen LogP contribution in [-0.4, -0.2) is 6.61 Å². The Morgan fingerprint density at radius 1 is 1.21 bits per heavy atom. The van der Waals surface area contributed by atoms with Crippen molar-refractivity contribution in [3.05, 3.63) is 61.6 Å². The number of halogens is 2. The van der Waals surface area contributed by atoms with Crippen LogP contribution in [0.25, 0.3) is 0 Å². The summed E-state index contributed by atoms with van der Waals surface area (Å²) >= 11 is 5.86. The molecule has 0 saturated carbocycles. The highest BCUT2D eigenvalue weighted by atomic mass is 127. The second-order valence-corrected chi connectivity index (χ2v) is 6.21. The molecule has 0 aliphatic carbocycles. The second kappa shape index (κ2) is 6.72. The van der Waals surface area contributed by atoms with E-state index in [9.17, 15) is 0 Å². The van der Waals surface area contributed by atoms with E-state index in [2.05, 4.69) is 50.7 Å². The molecule has 0 saturated heterocycles. The lowest BCUT2D eigenvalue weighted by Gasteiger charge is -2.18. The number of nitrogens with two attached hydrogens (primary N) is 1. The molecule has 2 aromatic rings. The van der Waals surface area contributed by atoms with Crippen molar-refractivity contribution in [2.45, 2.75) is 13.0 Å². The van der Waals surface area contributed by atoms with Gasteiger partial charge in [-0.2, -0.15) is 0 Å². The largest absolute Gasteiger partial charge is 0.494 e. The minimum Gasteiger partial charge on any atom is -0.494 e. The minimum absolute atomic E-state index is 0.202. The predicted octanol–water partition coefficient (Wildman–Crippen LogP) is 4.50. The summed E-state index contributed by atoms with van der Waals surface area (Å²) in [6.07, 6.45) is 0. The van der Waals surface area contributed by atoms with Crippen molar-refractivity contribution in [3.63, 3.8) is 0 Å². The highest BCUT2D eigenvalue weighted by Gasteiger charge is 2.16. The van der Waals surface area contributed by atoms with Gasteiger partial charge in [0.15, 0.2) is 0 Å². The Kier molecular flexibility index (Phi) is 5.24. The molecule has 2 rings (SSSR count).